The molecule has 1 N–H and O–H groups in total. The van der Waals surface area contributed by atoms with Crippen molar-refractivity contribution >= 4 is 37.9 Å². The molecule has 0 amide bonds. The normalized spacial score (nSPS) is 10.7. The quantitative estimate of drug-likeness (QED) is 0.906. The minimum absolute atomic E-state index is 0.116. The molecule has 70 valence electrons. The molecule has 0 unspecified atom stereocenters. The van der Waals surface area contributed by atoms with Crippen molar-refractivity contribution in [2.24, 2.45) is 0 Å². The van der Waals surface area contributed by atoms with E-state index in [0.717, 1.165) is 5.56 Å². The number of hydrogen-bond donors (Lipinski definition) is 1. The third-order valence-electron chi connectivity index (χ3n) is 1.57. The van der Waals surface area contributed by atoms with E-state index >= 15 is 0 Å². The lowest BCUT2D eigenvalue weighted by atomic mass is 10.2. The van der Waals surface area contributed by atoms with Crippen molar-refractivity contribution in [1.82, 2.24) is 0 Å². The molecule has 0 heterocycles. The largest absolute Gasteiger partial charge is 0.503 e. The number of hydrogen-bond acceptors (Lipinski definition) is 2. The Labute approximate surface area is 93.5 Å². The van der Waals surface area contributed by atoms with Crippen LogP contribution in [0.1, 0.15) is 5.56 Å². The summed E-state index contributed by atoms with van der Waals surface area (Å²) in [6.45, 7) is 0. The molecule has 2 nitrogen and oxygen atoms in total. The number of rotatable bonds is 2. The molecule has 0 aromatic heterocycles. The van der Waals surface area contributed by atoms with Gasteiger partial charge in [0, 0.05) is 0 Å². The van der Waals surface area contributed by atoms with E-state index in [9.17, 15) is 5.11 Å². The zero-order valence-corrected chi connectivity index (χ0v) is 10.1. The maximum atomic E-state index is 9.58. The van der Waals surface area contributed by atoms with Gasteiger partial charge >= 0.3 is 0 Å². The summed E-state index contributed by atoms with van der Waals surface area (Å²) in [6, 6.07) is 3.56. The zero-order valence-electron chi connectivity index (χ0n) is 6.92. The fraction of sp³-hybridized carbons (Fsp3) is 0.111. The first kappa shape index (κ1) is 10.6. The second kappa shape index (κ2) is 4.67. The molecule has 0 saturated carbocycles. The van der Waals surface area contributed by atoms with Crippen LogP contribution in [-0.2, 0) is 0 Å². The first-order chi connectivity index (χ1) is 6.20. The van der Waals surface area contributed by atoms with E-state index in [1.54, 1.807) is 11.1 Å². The Morgan fingerprint density at radius 3 is 2.69 bits per heavy atom. The fourth-order valence-corrected chi connectivity index (χ4v) is 1.67. The van der Waals surface area contributed by atoms with E-state index < -0.39 is 0 Å². The van der Waals surface area contributed by atoms with Crippen molar-refractivity contribution in [3.63, 3.8) is 0 Å². The molecular formula is C9H8Br2O2. The molecule has 0 saturated heterocycles. The fourth-order valence-electron chi connectivity index (χ4n) is 0.924. The SMILES string of the molecule is COc1ccc(/C=C\Br)c(Br)c1O. The molecule has 0 atom stereocenters. The monoisotopic (exact) mass is 306 g/mol. The molecule has 1 aromatic carbocycles. The van der Waals surface area contributed by atoms with Crippen molar-refractivity contribution in [2.45, 2.75) is 0 Å². The molecule has 0 spiro atoms. The third kappa shape index (κ3) is 2.25. The van der Waals surface area contributed by atoms with Gasteiger partial charge in [0.15, 0.2) is 11.5 Å². The van der Waals surface area contributed by atoms with Gasteiger partial charge in [-0.05, 0) is 44.7 Å². The van der Waals surface area contributed by atoms with Gasteiger partial charge in [-0.2, -0.15) is 0 Å². The van der Waals surface area contributed by atoms with Crippen LogP contribution in [0.25, 0.3) is 6.08 Å². The molecule has 4 heteroatoms. The summed E-state index contributed by atoms with van der Waals surface area (Å²) in [5, 5.41) is 9.58. The van der Waals surface area contributed by atoms with E-state index in [2.05, 4.69) is 31.9 Å². The Morgan fingerprint density at radius 2 is 2.15 bits per heavy atom. The van der Waals surface area contributed by atoms with Crippen LogP contribution in [0.3, 0.4) is 0 Å². The summed E-state index contributed by atoms with van der Waals surface area (Å²) in [6.07, 6.45) is 1.82. The number of halogens is 2. The second-order valence-electron chi connectivity index (χ2n) is 2.31. The Morgan fingerprint density at radius 1 is 1.46 bits per heavy atom. The van der Waals surface area contributed by atoms with Crippen molar-refractivity contribution < 1.29 is 9.84 Å². The number of phenolic OH excluding ortho intramolecular Hbond substituents is 1. The maximum Gasteiger partial charge on any atom is 0.172 e. The summed E-state index contributed by atoms with van der Waals surface area (Å²) in [4.78, 5) is 1.72. The summed E-state index contributed by atoms with van der Waals surface area (Å²) in [5.74, 6) is 0.573. The molecule has 0 aliphatic carbocycles. The summed E-state index contributed by atoms with van der Waals surface area (Å²) in [7, 11) is 1.52. The van der Waals surface area contributed by atoms with Crippen LogP contribution in [0, 0.1) is 0 Å². The maximum absolute atomic E-state index is 9.58. The lowest BCUT2D eigenvalue weighted by Crippen LogP contribution is -1.85. The minimum Gasteiger partial charge on any atom is -0.503 e. The molecule has 1 aromatic rings. The van der Waals surface area contributed by atoms with Gasteiger partial charge in [0.25, 0.3) is 0 Å². The topological polar surface area (TPSA) is 29.5 Å². The van der Waals surface area contributed by atoms with Crippen molar-refractivity contribution in [3.8, 4) is 11.5 Å². The Hall–Kier alpha value is -0.480. The standard InChI is InChI=1S/C9H8Br2O2/c1-13-7-3-2-6(4-5-10)8(11)9(7)12/h2-5,12H,1H3/b5-4-. The van der Waals surface area contributed by atoms with Gasteiger partial charge < -0.3 is 9.84 Å². The van der Waals surface area contributed by atoms with Gasteiger partial charge in [-0.3, -0.25) is 0 Å². The highest BCUT2D eigenvalue weighted by molar-refractivity contribution is 9.11. The Balaban J connectivity index is 3.22. The van der Waals surface area contributed by atoms with E-state index in [4.69, 9.17) is 4.74 Å². The van der Waals surface area contributed by atoms with Gasteiger partial charge in [-0.1, -0.05) is 15.9 Å². The number of phenols is 1. The highest BCUT2D eigenvalue weighted by Crippen LogP contribution is 2.36. The lowest BCUT2D eigenvalue weighted by molar-refractivity contribution is 0.372. The number of methoxy groups -OCH3 is 1. The first-order valence-corrected chi connectivity index (χ1v) is 5.23. The number of ether oxygens (including phenoxy) is 1. The second-order valence-corrected chi connectivity index (χ2v) is 3.63. The average Bonchev–Trinajstić information content (AvgIpc) is 2.14. The Bertz CT molecular complexity index is 335. The highest BCUT2D eigenvalue weighted by Gasteiger charge is 2.08. The number of aromatic hydroxyl groups is 1. The van der Waals surface area contributed by atoms with Gasteiger partial charge in [0.05, 0.1) is 11.6 Å². The number of benzene rings is 1. The van der Waals surface area contributed by atoms with Crippen molar-refractivity contribution in [2.75, 3.05) is 7.11 Å². The van der Waals surface area contributed by atoms with Gasteiger partial charge in [0.1, 0.15) is 0 Å². The van der Waals surface area contributed by atoms with E-state index in [1.807, 2.05) is 12.1 Å². The van der Waals surface area contributed by atoms with Gasteiger partial charge in [-0.15, -0.1) is 0 Å². The van der Waals surface area contributed by atoms with Crippen molar-refractivity contribution in [3.05, 3.63) is 27.2 Å². The van der Waals surface area contributed by atoms with Gasteiger partial charge in [-0.25, -0.2) is 0 Å². The van der Waals surface area contributed by atoms with Gasteiger partial charge in [0.2, 0.25) is 0 Å². The molecular weight excluding hydrogens is 300 g/mol. The zero-order chi connectivity index (χ0) is 9.84. The molecule has 13 heavy (non-hydrogen) atoms. The predicted molar refractivity (Wildman–Crippen MR) is 60.3 cm³/mol. The molecule has 1 rings (SSSR count). The molecule has 0 fully saturated rings. The van der Waals surface area contributed by atoms with E-state index in [0.29, 0.717) is 10.2 Å². The molecule has 0 radical (unpaired) electrons. The van der Waals surface area contributed by atoms with Crippen LogP contribution in [0.2, 0.25) is 0 Å². The summed E-state index contributed by atoms with van der Waals surface area (Å²) in [5.41, 5.74) is 0.884. The molecule has 0 aliphatic rings. The van der Waals surface area contributed by atoms with E-state index in [1.165, 1.54) is 7.11 Å². The van der Waals surface area contributed by atoms with Crippen LogP contribution >= 0.6 is 31.9 Å². The van der Waals surface area contributed by atoms with Crippen LogP contribution < -0.4 is 4.74 Å². The minimum atomic E-state index is 0.116. The van der Waals surface area contributed by atoms with Crippen LogP contribution in [0.15, 0.2) is 21.6 Å². The smallest absolute Gasteiger partial charge is 0.172 e. The summed E-state index contributed by atoms with van der Waals surface area (Å²) >= 11 is 6.44. The summed E-state index contributed by atoms with van der Waals surface area (Å²) < 4.78 is 5.57. The van der Waals surface area contributed by atoms with E-state index in [-0.39, 0.29) is 5.75 Å². The molecule has 0 bridgehead atoms. The highest BCUT2D eigenvalue weighted by atomic mass is 79.9. The Kier molecular flexibility index (Phi) is 3.81. The first-order valence-electron chi connectivity index (χ1n) is 3.53. The van der Waals surface area contributed by atoms with Crippen LogP contribution in [0.4, 0.5) is 0 Å². The molecule has 0 aliphatic heterocycles. The lowest BCUT2D eigenvalue weighted by Gasteiger charge is -2.06. The third-order valence-corrected chi connectivity index (χ3v) is 2.67. The van der Waals surface area contributed by atoms with Crippen LogP contribution in [-0.4, -0.2) is 12.2 Å². The van der Waals surface area contributed by atoms with Crippen molar-refractivity contribution in [1.29, 1.82) is 0 Å². The average molecular weight is 308 g/mol. The predicted octanol–water partition coefficient (Wildman–Crippen LogP) is 3.53. The van der Waals surface area contributed by atoms with Crippen LogP contribution in [0.5, 0.6) is 11.5 Å².